The molecule has 9 N–H and O–H groups in total. The lowest BCUT2D eigenvalue weighted by Crippen LogP contribution is -2.37. The molecule has 0 aliphatic heterocycles. The van der Waals surface area contributed by atoms with E-state index in [1.165, 1.54) is 0 Å². The lowest BCUT2D eigenvalue weighted by molar-refractivity contribution is 0.0701. The predicted octanol–water partition coefficient (Wildman–Crippen LogP) is -3.28. The Labute approximate surface area is 101 Å². The van der Waals surface area contributed by atoms with Gasteiger partial charge in [0.25, 0.3) is 0 Å². The van der Waals surface area contributed by atoms with Crippen molar-refractivity contribution in [3.05, 3.63) is 0 Å². The first-order chi connectivity index (χ1) is 7.99. The fourth-order valence-electron chi connectivity index (χ4n) is 1.40. The van der Waals surface area contributed by atoms with Gasteiger partial charge < -0.3 is 37.2 Å². The molecule has 0 radical (unpaired) electrons. The summed E-state index contributed by atoms with van der Waals surface area (Å²) in [5.74, 6) is 0. The van der Waals surface area contributed by atoms with Crippen LogP contribution in [0.5, 0.6) is 0 Å². The van der Waals surface area contributed by atoms with Gasteiger partial charge in [0, 0.05) is 39.0 Å². The van der Waals surface area contributed by atoms with Crippen molar-refractivity contribution in [1.82, 2.24) is 5.32 Å². The molecule has 0 unspecified atom stereocenters. The number of hydrogen-bond donors (Lipinski definition) is 7. The molecule has 17 heavy (non-hydrogen) atoms. The summed E-state index contributed by atoms with van der Waals surface area (Å²) in [5, 5.41) is 40.1. The largest absolute Gasteiger partial charge is 0.392 e. The summed E-state index contributed by atoms with van der Waals surface area (Å²) in [6.07, 6.45) is -2.44. The van der Waals surface area contributed by atoms with Gasteiger partial charge in [-0.15, -0.1) is 0 Å². The van der Waals surface area contributed by atoms with E-state index in [9.17, 15) is 20.4 Å². The van der Waals surface area contributed by atoms with E-state index in [2.05, 4.69) is 5.32 Å². The molecule has 0 saturated heterocycles. The molecule has 0 aliphatic carbocycles. The van der Waals surface area contributed by atoms with Gasteiger partial charge in [-0.3, -0.25) is 0 Å². The van der Waals surface area contributed by atoms with Crippen molar-refractivity contribution in [3.8, 4) is 0 Å². The van der Waals surface area contributed by atoms with Crippen LogP contribution in [0.25, 0.3) is 0 Å². The molecule has 0 spiro atoms. The van der Waals surface area contributed by atoms with Gasteiger partial charge in [0.15, 0.2) is 0 Å². The smallest absolute Gasteiger partial charge is 0.0689 e. The number of rotatable bonds is 10. The third-order valence-electron chi connectivity index (χ3n) is 2.39. The molecule has 0 aromatic rings. The second kappa shape index (κ2) is 9.72. The summed E-state index contributed by atoms with van der Waals surface area (Å²) in [6, 6.07) is 0. The molecule has 0 heterocycles. The SMILES string of the molecule is NC[C@H](O)C[C@H](O)CNC[C@@H](O)C[C@@H](O)CN. The number of nitrogens with one attached hydrogen (secondary N) is 1. The fourth-order valence-corrected chi connectivity index (χ4v) is 1.40. The summed E-state index contributed by atoms with van der Waals surface area (Å²) in [5.41, 5.74) is 10.4. The average Bonchev–Trinajstić information content (AvgIpc) is 2.28. The maximum absolute atomic E-state index is 9.46. The van der Waals surface area contributed by atoms with E-state index >= 15 is 0 Å². The molecule has 0 amide bonds. The first kappa shape index (κ1) is 16.7. The summed E-state index contributed by atoms with van der Waals surface area (Å²) in [7, 11) is 0. The van der Waals surface area contributed by atoms with E-state index in [0.717, 1.165) is 0 Å². The van der Waals surface area contributed by atoms with Crippen molar-refractivity contribution in [2.45, 2.75) is 37.3 Å². The van der Waals surface area contributed by atoms with Crippen LogP contribution in [0.3, 0.4) is 0 Å². The van der Waals surface area contributed by atoms with E-state index in [-0.39, 0.29) is 39.0 Å². The zero-order valence-corrected chi connectivity index (χ0v) is 10.00. The molecule has 0 aliphatic rings. The van der Waals surface area contributed by atoms with Gasteiger partial charge in [0.1, 0.15) is 0 Å². The highest BCUT2D eigenvalue weighted by atomic mass is 16.3. The molecule has 0 aromatic heterocycles. The molecule has 0 fully saturated rings. The summed E-state index contributed by atoms with van der Waals surface area (Å²) in [6.45, 7) is 0.741. The molecule has 0 rings (SSSR count). The number of aliphatic hydroxyl groups is 4. The van der Waals surface area contributed by atoms with Gasteiger partial charge in [-0.2, -0.15) is 0 Å². The number of hydrogen-bond acceptors (Lipinski definition) is 7. The Morgan fingerprint density at radius 2 is 1.06 bits per heavy atom. The topological polar surface area (TPSA) is 145 Å². The molecule has 7 heteroatoms. The molecule has 4 atom stereocenters. The Balaban J connectivity index is 3.55. The average molecular weight is 251 g/mol. The molecule has 104 valence electrons. The van der Waals surface area contributed by atoms with Crippen LogP contribution >= 0.6 is 0 Å². The molecular weight excluding hydrogens is 226 g/mol. The Kier molecular flexibility index (Phi) is 9.56. The molecule has 0 aromatic carbocycles. The predicted molar refractivity (Wildman–Crippen MR) is 64.2 cm³/mol. The first-order valence-corrected chi connectivity index (χ1v) is 5.82. The minimum Gasteiger partial charge on any atom is -0.392 e. The van der Waals surface area contributed by atoms with Gasteiger partial charge in [-0.25, -0.2) is 0 Å². The normalized spacial score (nSPS) is 18.7. The highest BCUT2D eigenvalue weighted by Gasteiger charge is 2.13. The monoisotopic (exact) mass is 251 g/mol. The van der Waals surface area contributed by atoms with E-state index < -0.39 is 24.4 Å². The summed E-state index contributed by atoms with van der Waals surface area (Å²) < 4.78 is 0. The van der Waals surface area contributed by atoms with Crippen molar-refractivity contribution in [2.24, 2.45) is 11.5 Å². The van der Waals surface area contributed by atoms with Gasteiger partial charge in [0.2, 0.25) is 0 Å². The Bertz CT molecular complexity index is 167. The van der Waals surface area contributed by atoms with Gasteiger partial charge in [0.05, 0.1) is 24.4 Å². The molecule has 0 bridgehead atoms. The summed E-state index contributed by atoms with van der Waals surface area (Å²) in [4.78, 5) is 0. The van der Waals surface area contributed by atoms with E-state index in [0.29, 0.717) is 0 Å². The Morgan fingerprint density at radius 1 is 0.706 bits per heavy atom. The van der Waals surface area contributed by atoms with Crippen molar-refractivity contribution in [1.29, 1.82) is 0 Å². The summed E-state index contributed by atoms with van der Waals surface area (Å²) >= 11 is 0. The Hall–Kier alpha value is -0.280. The second-order valence-corrected chi connectivity index (χ2v) is 4.22. The van der Waals surface area contributed by atoms with Crippen molar-refractivity contribution in [3.63, 3.8) is 0 Å². The van der Waals surface area contributed by atoms with Crippen LogP contribution in [0, 0.1) is 0 Å². The zero-order chi connectivity index (χ0) is 13.3. The third kappa shape index (κ3) is 9.42. The van der Waals surface area contributed by atoms with Gasteiger partial charge in [-0.1, -0.05) is 0 Å². The van der Waals surface area contributed by atoms with Crippen LogP contribution in [0.4, 0.5) is 0 Å². The minimum atomic E-state index is -0.712. The van der Waals surface area contributed by atoms with Crippen molar-refractivity contribution >= 4 is 0 Å². The van der Waals surface area contributed by atoms with Crippen molar-refractivity contribution in [2.75, 3.05) is 26.2 Å². The first-order valence-electron chi connectivity index (χ1n) is 5.82. The maximum Gasteiger partial charge on any atom is 0.0689 e. The highest BCUT2D eigenvalue weighted by molar-refractivity contribution is 4.70. The molecule has 0 saturated carbocycles. The number of aliphatic hydroxyl groups excluding tert-OH is 4. The van der Waals surface area contributed by atoms with E-state index in [1.807, 2.05) is 0 Å². The standard InChI is InChI=1S/C10H25N3O4/c11-3-7(14)1-9(16)5-13-6-10(17)2-8(15)4-12/h7-10,13-17H,1-6,11-12H2/t7-,8-,9+,10+/m1/s1. The van der Waals surface area contributed by atoms with Crippen LogP contribution < -0.4 is 16.8 Å². The third-order valence-corrected chi connectivity index (χ3v) is 2.39. The van der Waals surface area contributed by atoms with Crippen LogP contribution in [0.1, 0.15) is 12.8 Å². The van der Waals surface area contributed by atoms with Gasteiger partial charge in [-0.05, 0) is 0 Å². The highest BCUT2D eigenvalue weighted by Crippen LogP contribution is 1.98. The van der Waals surface area contributed by atoms with Crippen LogP contribution in [0.15, 0.2) is 0 Å². The number of nitrogens with two attached hydrogens (primary N) is 2. The van der Waals surface area contributed by atoms with Crippen LogP contribution in [-0.4, -0.2) is 71.0 Å². The van der Waals surface area contributed by atoms with E-state index in [4.69, 9.17) is 11.5 Å². The van der Waals surface area contributed by atoms with Crippen LogP contribution in [-0.2, 0) is 0 Å². The van der Waals surface area contributed by atoms with Crippen LogP contribution in [0.2, 0.25) is 0 Å². The van der Waals surface area contributed by atoms with Gasteiger partial charge >= 0.3 is 0 Å². The van der Waals surface area contributed by atoms with Crippen molar-refractivity contribution < 1.29 is 20.4 Å². The lowest BCUT2D eigenvalue weighted by atomic mass is 10.1. The second-order valence-electron chi connectivity index (χ2n) is 4.22. The quantitative estimate of drug-likeness (QED) is 0.215. The Morgan fingerprint density at radius 3 is 1.35 bits per heavy atom. The molecular formula is C10H25N3O4. The minimum absolute atomic E-state index is 0.113. The fraction of sp³-hybridized carbons (Fsp3) is 1.00. The maximum atomic E-state index is 9.46. The molecule has 7 nitrogen and oxygen atoms in total. The lowest BCUT2D eigenvalue weighted by Gasteiger charge is -2.18. The van der Waals surface area contributed by atoms with E-state index in [1.54, 1.807) is 0 Å². The zero-order valence-electron chi connectivity index (χ0n) is 10.00.